The summed E-state index contributed by atoms with van der Waals surface area (Å²) in [6, 6.07) is 0.228. The van der Waals surface area contributed by atoms with Crippen molar-refractivity contribution in [1.82, 2.24) is 10.3 Å². The van der Waals surface area contributed by atoms with Gasteiger partial charge >= 0.3 is 0 Å². The normalized spacial score (nSPS) is 13.3. The van der Waals surface area contributed by atoms with E-state index in [1.165, 1.54) is 0 Å². The molecule has 11 heavy (non-hydrogen) atoms. The lowest BCUT2D eigenvalue weighted by Crippen LogP contribution is -2.21. The van der Waals surface area contributed by atoms with Gasteiger partial charge in [-0.3, -0.25) is 0 Å². The molecule has 3 nitrogen and oxygen atoms in total. The molecule has 1 rings (SSSR count). The van der Waals surface area contributed by atoms with Crippen LogP contribution in [0.15, 0.2) is 10.9 Å². The molecule has 0 aromatic carbocycles. The van der Waals surface area contributed by atoms with Crippen LogP contribution in [0.4, 0.5) is 0 Å². The Morgan fingerprint density at radius 1 is 1.82 bits per heavy atom. The van der Waals surface area contributed by atoms with Gasteiger partial charge in [-0.25, -0.2) is 4.98 Å². The number of hydrogen-bond acceptors (Lipinski definition) is 4. The van der Waals surface area contributed by atoms with E-state index in [2.05, 4.69) is 10.3 Å². The summed E-state index contributed by atoms with van der Waals surface area (Å²) in [5, 5.41) is 5.15. The fourth-order valence-corrected chi connectivity index (χ4v) is 1.49. The Bertz CT molecular complexity index is 188. The number of aromatic nitrogens is 1. The minimum atomic E-state index is 0.228. The fraction of sp³-hybridized carbons (Fsp3) is 0.571. The van der Waals surface area contributed by atoms with Crippen molar-refractivity contribution in [1.29, 1.82) is 0 Å². The van der Waals surface area contributed by atoms with Gasteiger partial charge in [-0.1, -0.05) is 0 Å². The second kappa shape index (κ2) is 4.43. The third kappa shape index (κ3) is 2.25. The first-order chi connectivity index (χ1) is 5.38. The van der Waals surface area contributed by atoms with Gasteiger partial charge in [-0.15, -0.1) is 11.3 Å². The predicted molar refractivity (Wildman–Crippen MR) is 45.8 cm³/mol. The van der Waals surface area contributed by atoms with Crippen molar-refractivity contribution in [2.75, 3.05) is 20.8 Å². The van der Waals surface area contributed by atoms with E-state index in [-0.39, 0.29) is 6.04 Å². The van der Waals surface area contributed by atoms with E-state index >= 15 is 0 Å². The number of hydrogen-bond donors (Lipinski definition) is 1. The van der Waals surface area contributed by atoms with Crippen molar-refractivity contribution in [2.45, 2.75) is 6.04 Å². The van der Waals surface area contributed by atoms with Crippen molar-refractivity contribution in [3.8, 4) is 0 Å². The summed E-state index contributed by atoms with van der Waals surface area (Å²) in [6.07, 6.45) is 0. The lowest BCUT2D eigenvalue weighted by molar-refractivity contribution is 0.169. The molecule has 1 heterocycles. The number of methoxy groups -OCH3 is 1. The molecule has 0 saturated heterocycles. The van der Waals surface area contributed by atoms with Crippen molar-refractivity contribution in [3.05, 3.63) is 16.6 Å². The summed E-state index contributed by atoms with van der Waals surface area (Å²) in [7, 11) is 3.60. The number of nitrogens with zero attached hydrogens (tertiary/aromatic N) is 1. The molecule has 1 aromatic rings. The van der Waals surface area contributed by atoms with Crippen LogP contribution in [0.2, 0.25) is 0 Å². The molecule has 4 heteroatoms. The van der Waals surface area contributed by atoms with Crippen molar-refractivity contribution >= 4 is 11.3 Å². The Kier molecular flexibility index (Phi) is 3.48. The maximum Gasteiger partial charge on any atom is 0.0795 e. The molecule has 0 aliphatic carbocycles. The molecule has 0 spiro atoms. The third-order valence-corrected chi connectivity index (χ3v) is 2.09. The molecule has 0 aliphatic heterocycles. The van der Waals surface area contributed by atoms with Gasteiger partial charge < -0.3 is 10.1 Å². The first-order valence-corrected chi connectivity index (χ1v) is 4.37. The van der Waals surface area contributed by atoms with Crippen LogP contribution in [0.1, 0.15) is 11.7 Å². The van der Waals surface area contributed by atoms with E-state index in [0.29, 0.717) is 6.61 Å². The highest BCUT2D eigenvalue weighted by atomic mass is 32.1. The Balaban J connectivity index is 2.56. The van der Waals surface area contributed by atoms with Gasteiger partial charge in [0.25, 0.3) is 0 Å². The fourth-order valence-electron chi connectivity index (χ4n) is 0.877. The summed E-state index contributed by atoms with van der Waals surface area (Å²) in [4.78, 5) is 4.18. The zero-order valence-corrected chi connectivity index (χ0v) is 7.52. The number of rotatable bonds is 4. The highest BCUT2D eigenvalue weighted by molar-refractivity contribution is 7.07. The molecule has 0 bridgehead atoms. The first kappa shape index (κ1) is 8.64. The largest absolute Gasteiger partial charge is 0.383 e. The molecule has 0 amide bonds. The Hall–Kier alpha value is -0.450. The number of nitrogens with one attached hydrogen (secondary N) is 1. The Morgan fingerprint density at radius 3 is 3.09 bits per heavy atom. The van der Waals surface area contributed by atoms with Crippen molar-refractivity contribution in [3.63, 3.8) is 0 Å². The first-order valence-electron chi connectivity index (χ1n) is 3.42. The van der Waals surface area contributed by atoms with Crippen molar-refractivity contribution < 1.29 is 4.74 Å². The quantitative estimate of drug-likeness (QED) is 0.737. The smallest absolute Gasteiger partial charge is 0.0795 e. The second-order valence-corrected chi connectivity index (χ2v) is 2.93. The molecule has 1 unspecified atom stereocenters. The van der Waals surface area contributed by atoms with Crippen LogP contribution in [0, 0.1) is 0 Å². The van der Waals surface area contributed by atoms with Crippen LogP contribution in [0.25, 0.3) is 0 Å². The minimum absolute atomic E-state index is 0.228. The zero-order valence-electron chi connectivity index (χ0n) is 6.70. The summed E-state index contributed by atoms with van der Waals surface area (Å²) in [6.45, 7) is 0.667. The van der Waals surface area contributed by atoms with E-state index in [1.54, 1.807) is 18.4 Å². The van der Waals surface area contributed by atoms with Gasteiger partial charge in [0.1, 0.15) is 0 Å². The molecule has 0 radical (unpaired) electrons. The molecular formula is C7H12N2OS. The second-order valence-electron chi connectivity index (χ2n) is 2.21. The van der Waals surface area contributed by atoms with Gasteiger partial charge in [0.2, 0.25) is 0 Å². The third-order valence-electron chi connectivity index (χ3n) is 1.49. The molecule has 0 fully saturated rings. The van der Waals surface area contributed by atoms with E-state index in [0.717, 1.165) is 5.69 Å². The van der Waals surface area contributed by atoms with Crippen LogP contribution in [-0.2, 0) is 4.74 Å². The van der Waals surface area contributed by atoms with Gasteiger partial charge in [-0.2, -0.15) is 0 Å². The minimum Gasteiger partial charge on any atom is -0.383 e. The highest BCUT2D eigenvalue weighted by Gasteiger charge is 2.09. The van der Waals surface area contributed by atoms with Crippen LogP contribution in [-0.4, -0.2) is 25.7 Å². The molecule has 1 atom stereocenters. The summed E-state index contributed by atoms with van der Waals surface area (Å²) in [5.74, 6) is 0. The van der Waals surface area contributed by atoms with E-state index in [9.17, 15) is 0 Å². The molecule has 62 valence electrons. The molecule has 1 N–H and O–H groups in total. The molecule has 0 saturated carbocycles. The Morgan fingerprint density at radius 2 is 2.64 bits per heavy atom. The highest BCUT2D eigenvalue weighted by Crippen LogP contribution is 2.11. The molecule has 0 aliphatic rings. The number of likely N-dealkylation sites (N-methyl/N-ethyl adjacent to an activating group) is 1. The number of ether oxygens (including phenoxy) is 1. The van der Waals surface area contributed by atoms with Crippen LogP contribution in [0.3, 0.4) is 0 Å². The summed E-state index contributed by atoms with van der Waals surface area (Å²) in [5.41, 5.74) is 2.88. The zero-order chi connectivity index (χ0) is 8.10. The standard InChI is InChI=1S/C7H12N2OS/c1-8-6(3-10-2)7-4-11-5-9-7/h4-6,8H,3H2,1-2H3. The van der Waals surface area contributed by atoms with Crippen LogP contribution < -0.4 is 5.32 Å². The van der Waals surface area contributed by atoms with Crippen molar-refractivity contribution in [2.24, 2.45) is 0 Å². The number of thiazole rings is 1. The summed E-state index contributed by atoms with van der Waals surface area (Å²) >= 11 is 1.60. The van der Waals surface area contributed by atoms with Gasteiger partial charge in [0.15, 0.2) is 0 Å². The van der Waals surface area contributed by atoms with Gasteiger partial charge in [0.05, 0.1) is 23.9 Å². The monoisotopic (exact) mass is 172 g/mol. The molecular weight excluding hydrogens is 160 g/mol. The SMILES string of the molecule is CNC(COC)c1cscn1. The van der Waals surface area contributed by atoms with E-state index < -0.39 is 0 Å². The predicted octanol–water partition coefficient (Wildman–Crippen LogP) is 1.05. The topological polar surface area (TPSA) is 34.1 Å². The van der Waals surface area contributed by atoms with E-state index in [1.807, 2.05) is 17.9 Å². The Labute approximate surface area is 70.4 Å². The average Bonchev–Trinajstić information content (AvgIpc) is 2.52. The summed E-state index contributed by atoms with van der Waals surface area (Å²) < 4.78 is 5.02. The van der Waals surface area contributed by atoms with E-state index in [4.69, 9.17) is 4.74 Å². The maximum absolute atomic E-state index is 5.02. The maximum atomic E-state index is 5.02. The van der Waals surface area contributed by atoms with Gasteiger partial charge in [-0.05, 0) is 7.05 Å². The average molecular weight is 172 g/mol. The van der Waals surface area contributed by atoms with Gasteiger partial charge in [0, 0.05) is 12.5 Å². The van der Waals surface area contributed by atoms with Crippen LogP contribution in [0.5, 0.6) is 0 Å². The lowest BCUT2D eigenvalue weighted by Gasteiger charge is -2.11. The molecule has 1 aromatic heterocycles. The lowest BCUT2D eigenvalue weighted by atomic mass is 10.2. The van der Waals surface area contributed by atoms with Crippen LogP contribution >= 0.6 is 11.3 Å².